The minimum Gasteiger partial charge on any atom is -0.342 e. The molecule has 3 rings (SSSR count). The van der Waals surface area contributed by atoms with Crippen LogP contribution in [0.4, 0.5) is 13.2 Å². The van der Waals surface area contributed by atoms with Crippen molar-refractivity contribution in [3.63, 3.8) is 0 Å². The lowest BCUT2D eigenvalue weighted by atomic mass is 10.0. The Balaban J connectivity index is 1.91. The number of benzene rings is 1. The van der Waals surface area contributed by atoms with Gasteiger partial charge in [-0.15, -0.1) is 5.10 Å². The van der Waals surface area contributed by atoms with Crippen LogP contribution < -0.4 is 5.32 Å². The second kappa shape index (κ2) is 8.24. The van der Waals surface area contributed by atoms with E-state index < -0.39 is 23.7 Å². The second-order valence-corrected chi connectivity index (χ2v) is 6.55. The number of carbonyl (C=O) groups is 1. The Bertz CT molecular complexity index is 1220. The molecular weight excluding hydrogens is 411 g/mol. The van der Waals surface area contributed by atoms with Gasteiger partial charge in [-0.1, -0.05) is 0 Å². The van der Waals surface area contributed by atoms with Gasteiger partial charge in [-0.2, -0.15) is 28.4 Å². The molecule has 31 heavy (non-hydrogen) atoms. The second-order valence-electron chi connectivity index (χ2n) is 6.55. The number of amides is 1. The average Bonchev–Trinajstić information content (AvgIpc) is 3.14. The van der Waals surface area contributed by atoms with Crippen LogP contribution in [0.3, 0.4) is 0 Å². The fourth-order valence-corrected chi connectivity index (χ4v) is 2.79. The molecule has 0 aliphatic carbocycles. The summed E-state index contributed by atoms with van der Waals surface area (Å²) in [6.07, 6.45) is -3.35. The number of nitrogens with zero attached hydrogens (tertiary/aromatic N) is 6. The van der Waals surface area contributed by atoms with E-state index in [2.05, 4.69) is 20.4 Å². The minimum absolute atomic E-state index is 0.284. The molecule has 1 amide bonds. The molecule has 8 nitrogen and oxygen atoms in total. The van der Waals surface area contributed by atoms with E-state index in [-0.39, 0.29) is 17.0 Å². The fourth-order valence-electron chi connectivity index (χ4n) is 2.79. The van der Waals surface area contributed by atoms with Crippen molar-refractivity contribution in [2.45, 2.75) is 26.1 Å². The number of hydrogen-bond donors (Lipinski definition) is 1. The first-order chi connectivity index (χ1) is 14.6. The van der Waals surface area contributed by atoms with Crippen LogP contribution in [0.1, 0.15) is 51.7 Å². The summed E-state index contributed by atoms with van der Waals surface area (Å²) < 4.78 is 40.6. The van der Waals surface area contributed by atoms with Crippen molar-refractivity contribution in [3.8, 4) is 18.0 Å². The quantitative estimate of drug-likeness (QED) is 0.685. The fraction of sp³-hybridized carbons (Fsp3) is 0.200. The molecule has 0 unspecified atom stereocenters. The molecule has 0 fully saturated rings. The first-order valence-corrected chi connectivity index (χ1v) is 8.85. The molecular formula is C20H14F3N7O. The topological polar surface area (TPSA) is 120 Å². The molecule has 3 aromatic rings. The third kappa shape index (κ3) is 4.67. The summed E-state index contributed by atoms with van der Waals surface area (Å²) in [5, 5.41) is 24.7. The normalized spacial score (nSPS) is 12.0. The van der Waals surface area contributed by atoms with E-state index in [4.69, 9.17) is 10.5 Å². The maximum Gasteiger partial charge on any atom is 0.416 e. The van der Waals surface area contributed by atoms with Gasteiger partial charge in [0.1, 0.15) is 11.9 Å². The first-order valence-electron chi connectivity index (χ1n) is 8.85. The Morgan fingerprint density at radius 1 is 1.16 bits per heavy atom. The number of nitriles is 2. The number of alkyl halides is 3. The number of aryl methyl sites for hydroxylation is 1. The van der Waals surface area contributed by atoms with Crippen molar-refractivity contribution in [3.05, 3.63) is 70.4 Å². The van der Waals surface area contributed by atoms with Gasteiger partial charge in [0, 0.05) is 11.8 Å². The Labute approximate surface area is 174 Å². The highest BCUT2D eigenvalue weighted by Crippen LogP contribution is 2.30. The van der Waals surface area contributed by atoms with E-state index in [1.165, 1.54) is 10.9 Å². The minimum atomic E-state index is -4.70. The maximum absolute atomic E-state index is 13.1. The summed E-state index contributed by atoms with van der Waals surface area (Å²) in [5.41, 5.74) is -1.34. The van der Waals surface area contributed by atoms with Crippen molar-refractivity contribution in [1.29, 1.82) is 10.5 Å². The van der Waals surface area contributed by atoms with Gasteiger partial charge in [-0.05, 0) is 44.2 Å². The van der Waals surface area contributed by atoms with Gasteiger partial charge in [0.05, 0.1) is 28.8 Å². The summed E-state index contributed by atoms with van der Waals surface area (Å²) in [6.45, 7) is 3.21. The molecule has 0 aliphatic heterocycles. The van der Waals surface area contributed by atoms with Crippen LogP contribution in [0.25, 0.3) is 5.82 Å². The van der Waals surface area contributed by atoms with E-state index in [9.17, 15) is 18.0 Å². The number of pyridine rings is 1. The Morgan fingerprint density at radius 3 is 2.45 bits per heavy atom. The number of hydrogen-bond acceptors (Lipinski definition) is 6. The third-order valence-electron chi connectivity index (χ3n) is 4.22. The molecule has 156 valence electrons. The van der Waals surface area contributed by atoms with Gasteiger partial charge in [0.15, 0.2) is 11.6 Å². The lowest BCUT2D eigenvalue weighted by Crippen LogP contribution is -2.29. The zero-order valence-electron chi connectivity index (χ0n) is 16.3. The summed E-state index contributed by atoms with van der Waals surface area (Å²) in [6, 6.07) is 8.35. The summed E-state index contributed by atoms with van der Waals surface area (Å²) in [5.74, 6) is 0.209. The van der Waals surface area contributed by atoms with Crippen molar-refractivity contribution in [2.24, 2.45) is 0 Å². The van der Waals surface area contributed by atoms with E-state index >= 15 is 0 Å². The number of nitrogens with one attached hydrogen (secondary N) is 1. The molecule has 2 heterocycles. The van der Waals surface area contributed by atoms with Gasteiger partial charge in [0.25, 0.3) is 5.91 Å². The lowest BCUT2D eigenvalue weighted by molar-refractivity contribution is -0.137. The van der Waals surface area contributed by atoms with Crippen molar-refractivity contribution in [1.82, 2.24) is 25.1 Å². The molecule has 0 aliphatic rings. The number of aromatic nitrogens is 4. The maximum atomic E-state index is 13.1. The molecule has 1 atom stereocenters. The Hall–Kier alpha value is -4.25. The van der Waals surface area contributed by atoms with Gasteiger partial charge >= 0.3 is 6.18 Å². The van der Waals surface area contributed by atoms with E-state index in [1.807, 2.05) is 6.07 Å². The van der Waals surface area contributed by atoms with Gasteiger partial charge < -0.3 is 5.32 Å². The smallest absolute Gasteiger partial charge is 0.342 e. The molecule has 2 aromatic heterocycles. The molecule has 0 spiro atoms. The van der Waals surface area contributed by atoms with Gasteiger partial charge in [-0.3, -0.25) is 4.79 Å². The molecule has 1 aromatic carbocycles. The van der Waals surface area contributed by atoms with Gasteiger partial charge in [0.2, 0.25) is 0 Å². The SMILES string of the molecule is Cc1nc([C@H](C)NC(=O)c2cc(C#N)cc(C(F)(F)F)c2)n(-c2ccc(C#N)cn2)n1. The molecule has 11 heteroatoms. The lowest BCUT2D eigenvalue weighted by Gasteiger charge is -2.15. The van der Waals surface area contributed by atoms with Crippen LogP contribution in [-0.4, -0.2) is 25.7 Å². The highest BCUT2D eigenvalue weighted by atomic mass is 19.4. The monoisotopic (exact) mass is 425 g/mol. The van der Waals surface area contributed by atoms with E-state index in [1.54, 1.807) is 32.0 Å². The van der Waals surface area contributed by atoms with Crippen LogP contribution in [-0.2, 0) is 6.18 Å². The van der Waals surface area contributed by atoms with E-state index in [0.717, 1.165) is 6.07 Å². The molecule has 0 radical (unpaired) electrons. The third-order valence-corrected chi connectivity index (χ3v) is 4.22. The largest absolute Gasteiger partial charge is 0.416 e. The number of carbonyl (C=O) groups excluding carboxylic acids is 1. The molecule has 0 saturated heterocycles. The zero-order chi connectivity index (χ0) is 22.8. The highest BCUT2D eigenvalue weighted by Gasteiger charge is 2.32. The number of halogens is 3. The van der Waals surface area contributed by atoms with Crippen LogP contribution in [0.15, 0.2) is 36.5 Å². The highest BCUT2D eigenvalue weighted by molar-refractivity contribution is 5.95. The number of rotatable bonds is 4. The van der Waals surface area contributed by atoms with Crippen molar-refractivity contribution < 1.29 is 18.0 Å². The summed E-state index contributed by atoms with van der Waals surface area (Å²) in [4.78, 5) is 21.0. The van der Waals surface area contributed by atoms with E-state index in [0.29, 0.717) is 29.3 Å². The zero-order valence-corrected chi connectivity index (χ0v) is 16.3. The standard InChI is InChI=1S/C20H14F3N7O/c1-11(18-28-12(2)29-30(18)17-4-3-13(8-24)10-26-17)27-19(31)15-5-14(9-25)6-16(7-15)20(21,22)23/h3-7,10-11H,1-2H3,(H,27,31)/t11-/m0/s1. The van der Waals surface area contributed by atoms with Crippen LogP contribution in [0, 0.1) is 29.6 Å². The molecule has 1 N–H and O–H groups in total. The molecule has 0 saturated carbocycles. The summed E-state index contributed by atoms with van der Waals surface area (Å²) >= 11 is 0. The first kappa shape index (κ1) is 21.5. The van der Waals surface area contributed by atoms with Crippen LogP contribution >= 0.6 is 0 Å². The molecule has 0 bridgehead atoms. The van der Waals surface area contributed by atoms with Crippen molar-refractivity contribution in [2.75, 3.05) is 0 Å². The summed E-state index contributed by atoms with van der Waals surface area (Å²) in [7, 11) is 0. The predicted molar refractivity (Wildman–Crippen MR) is 101 cm³/mol. The van der Waals surface area contributed by atoms with Gasteiger partial charge in [-0.25, -0.2) is 9.97 Å². The van der Waals surface area contributed by atoms with Crippen LogP contribution in [0.5, 0.6) is 0 Å². The van der Waals surface area contributed by atoms with Crippen LogP contribution in [0.2, 0.25) is 0 Å². The Morgan fingerprint density at radius 2 is 1.87 bits per heavy atom. The van der Waals surface area contributed by atoms with Crippen molar-refractivity contribution >= 4 is 5.91 Å². The average molecular weight is 425 g/mol. The Kier molecular flexibility index (Phi) is 5.70. The predicted octanol–water partition coefficient (Wildman–Crippen LogP) is 3.22.